The minimum Gasteiger partial charge on any atom is -0.305 e. The number of benzene rings is 9. The van der Waals surface area contributed by atoms with Gasteiger partial charge in [0.25, 0.3) is 0 Å². The Balaban J connectivity index is 0.000000174. The summed E-state index contributed by atoms with van der Waals surface area (Å²) in [6.07, 6.45) is 33.8. The van der Waals surface area contributed by atoms with E-state index in [1.165, 1.54) is 66.8 Å². The zero-order valence-electron chi connectivity index (χ0n) is 67.1. The number of hydrogen-bond acceptors (Lipinski definition) is 7. The maximum atomic E-state index is 4.64. The molecule has 18 rings (SSSR count). The largest absolute Gasteiger partial charge is 0.305 e. The van der Waals surface area contributed by atoms with Gasteiger partial charge in [-0.1, -0.05) is 245 Å². The Morgan fingerprint density at radius 2 is 0.815 bits per heavy atom. The van der Waals surface area contributed by atoms with Crippen molar-refractivity contribution < 1.29 is 80.4 Å². The Morgan fingerprint density at radius 3 is 1.33 bits per heavy atom. The fourth-order valence-corrected chi connectivity index (χ4v) is 12.9. The first-order valence-electron chi connectivity index (χ1n) is 38.8. The van der Waals surface area contributed by atoms with Gasteiger partial charge in [0, 0.05) is 141 Å². The van der Waals surface area contributed by atoms with Gasteiger partial charge in [-0.2, -0.15) is 12.2 Å². The Hall–Kier alpha value is -11.4. The molecule has 2 aliphatic rings. The van der Waals surface area contributed by atoms with Gasteiger partial charge < -0.3 is 24.9 Å². The van der Waals surface area contributed by atoms with E-state index in [0.717, 1.165) is 86.1 Å². The van der Waals surface area contributed by atoms with Crippen molar-refractivity contribution in [3.8, 4) is 101 Å². The Morgan fingerprint density at radius 1 is 0.319 bits per heavy atom. The minimum atomic E-state index is 0. The Kier molecular flexibility index (Phi) is 39.4. The van der Waals surface area contributed by atoms with Gasteiger partial charge >= 0.3 is 0 Å². The van der Waals surface area contributed by atoms with Crippen LogP contribution in [-0.4, -0.2) is 34.9 Å². The molecule has 2 unspecified atom stereocenters. The van der Waals surface area contributed by atoms with E-state index in [1.54, 1.807) is 18.6 Å². The number of aryl methyl sites for hydroxylation is 4. The number of hydrogen-bond donors (Lipinski definition) is 0. The quantitative estimate of drug-likeness (QED) is 0.113. The molecule has 7 aromatic heterocycles. The van der Waals surface area contributed by atoms with Crippen molar-refractivity contribution in [2.24, 2.45) is 0 Å². The Labute approximate surface area is 758 Å². The van der Waals surface area contributed by atoms with Crippen LogP contribution >= 0.6 is 0 Å². The molecular weight excluding hydrogens is 2160 g/mol. The van der Waals surface area contributed by atoms with E-state index in [0.29, 0.717) is 17.8 Å². The zero-order chi connectivity index (χ0) is 79.4. The summed E-state index contributed by atoms with van der Waals surface area (Å²) in [5, 5.41) is 0. The van der Waals surface area contributed by atoms with E-state index < -0.39 is 0 Å². The molecule has 0 N–H and O–H groups in total. The molecule has 2 aliphatic carbocycles. The maximum Gasteiger partial charge on any atom is 0.0328 e. The molecule has 0 saturated heterocycles. The molecule has 2 atom stereocenters. The van der Waals surface area contributed by atoms with Crippen molar-refractivity contribution in [1.82, 2.24) is 34.9 Å². The van der Waals surface area contributed by atoms with E-state index in [9.17, 15) is 0 Å². The predicted octanol–water partition coefficient (Wildman–Crippen LogP) is 26.7. The van der Waals surface area contributed by atoms with Gasteiger partial charge in [-0.25, -0.2) is 24.3 Å². The number of nitrogens with zero attached hydrogens (tertiary/aromatic N) is 7. The molecule has 0 bridgehead atoms. The zero-order valence-corrected chi connectivity index (χ0v) is 76.7. The summed E-state index contributed by atoms with van der Waals surface area (Å²) in [7, 11) is 0. The van der Waals surface area contributed by atoms with Crippen LogP contribution in [0.2, 0.25) is 0 Å². The van der Waals surface area contributed by atoms with Crippen molar-refractivity contribution in [2.45, 2.75) is 72.1 Å². The second-order valence-electron chi connectivity index (χ2n) is 27.7. The molecule has 600 valence electrons. The monoisotopic (exact) mass is 2260 g/mol. The average molecular weight is 2250 g/mol. The number of rotatable bonds is 12. The second-order valence-corrected chi connectivity index (χ2v) is 27.7. The fourth-order valence-electron chi connectivity index (χ4n) is 12.9. The predicted molar refractivity (Wildman–Crippen MR) is 474 cm³/mol. The SMILES string of the molecule is CC(C)c1cc[c-]c(-c2cc(-c3ccccc3)ccn2)c1.Cc1[c-]c(-c2cc(C)c(-c3ccccc3)cn2)cc(C)c1.Cc1cccnc1C1[C-]=CC=CC1.[C-]1=CC=CCC1c1ccccn1.[Ir].[Ir].[Ir].[Ir].[c-]1cc(-c2ccccc2)ccc1-c1ccccn1.[c-]1ccc(-c2ccccc2)cc1-c1ccccn1.[c-]1ccccc1-c1ccccn1. The number of pyridine rings is 7. The molecule has 9 aromatic carbocycles. The third-order valence-electron chi connectivity index (χ3n) is 18.8. The smallest absolute Gasteiger partial charge is 0.0328 e. The van der Waals surface area contributed by atoms with Crippen LogP contribution < -0.4 is 0 Å². The summed E-state index contributed by atoms with van der Waals surface area (Å²) in [5.74, 6) is 1.22. The van der Waals surface area contributed by atoms with Gasteiger partial charge in [0.1, 0.15) is 0 Å². The molecule has 0 spiro atoms. The van der Waals surface area contributed by atoms with Crippen LogP contribution in [0.4, 0.5) is 0 Å². The van der Waals surface area contributed by atoms with Gasteiger partial charge in [-0.3, -0.25) is 22.1 Å². The Bertz CT molecular complexity index is 5560. The van der Waals surface area contributed by atoms with Crippen LogP contribution in [0.1, 0.15) is 83.6 Å². The number of allylic oxidation sites excluding steroid dienone is 8. The molecule has 0 aliphatic heterocycles. The molecule has 119 heavy (non-hydrogen) atoms. The number of aromatic nitrogens is 7. The molecule has 0 saturated carbocycles. The summed E-state index contributed by atoms with van der Waals surface area (Å²) in [6, 6.07) is 123. The van der Waals surface area contributed by atoms with Crippen LogP contribution in [-0.2, 0) is 80.4 Å². The molecule has 11 heteroatoms. The van der Waals surface area contributed by atoms with Crippen molar-refractivity contribution in [3.63, 3.8) is 0 Å². The molecule has 0 fully saturated rings. The van der Waals surface area contributed by atoms with Crippen LogP contribution in [0.25, 0.3) is 101 Å². The van der Waals surface area contributed by atoms with Gasteiger partial charge in [0.2, 0.25) is 0 Å². The van der Waals surface area contributed by atoms with Gasteiger partial charge in [-0.15, -0.1) is 171 Å². The summed E-state index contributed by atoms with van der Waals surface area (Å²) >= 11 is 0. The van der Waals surface area contributed by atoms with Gasteiger partial charge in [0.15, 0.2) is 0 Å². The molecule has 16 aromatic rings. The van der Waals surface area contributed by atoms with Crippen LogP contribution in [0.3, 0.4) is 0 Å². The summed E-state index contributed by atoms with van der Waals surface area (Å²) in [4.78, 5) is 30.7. The normalized spacial score (nSPS) is 12.2. The first kappa shape index (κ1) is 93.1. The van der Waals surface area contributed by atoms with Crippen LogP contribution in [0.15, 0.2) is 395 Å². The topological polar surface area (TPSA) is 90.2 Å². The minimum absolute atomic E-state index is 0. The van der Waals surface area contributed by atoms with E-state index in [2.05, 4.69) is 271 Å². The molecule has 4 radical (unpaired) electrons. The maximum absolute atomic E-state index is 4.64. The summed E-state index contributed by atoms with van der Waals surface area (Å²) in [5.41, 5.74) is 28.1. The first-order valence-corrected chi connectivity index (χ1v) is 38.8. The average Bonchev–Trinajstić information content (AvgIpc) is 0.819. The van der Waals surface area contributed by atoms with Crippen molar-refractivity contribution in [2.75, 3.05) is 0 Å². The van der Waals surface area contributed by atoms with Crippen molar-refractivity contribution in [3.05, 3.63) is 477 Å². The van der Waals surface area contributed by atoms with E-state index in [1.807, 2.05) is 225 Å². The summed E-state index contributed by atoms with van der Waals surface area (Å²) < 4.78 is 0. The van der Waals surface area contributed by atoms with Crippen LogP contribution in [0, 0.1) is 70.2 Å². The molecular formula is C108H90Ir4N7-7. The molecule has 0 amide bonds. The fraction of sp³-hybridized carbons (Fsp3) is 0.102. The van der Waals surface area contributed by atoms with E-state index in [4.69, 9.17) is 0 Å². The van der Waals surface area contributed by atoms with Crippen molar-refractivity contribution in [1.29, 1.82) is 0 Å². The summed E-state index contributed by atoms with van der Waals surface area (Å²) in [6.45, 7) is 12.8. The third-order valence-corrected chi connectivity index (χ3v) is 18.8. The van der Waals surface area contributed by atoms with E-state index in [-0.39, 0.29) is 80.4 Å². The second kappa shape index (κ2) is 50.4. The standard InChI is InChI=1S/2C20H18N.2C17H12N.C12H12N.C11H10N.C11H8N.4Ir/c1-14-9-15(2)11-18(10-14)20-12-16(3)19(13-21-20)17-7-5-4-6-8-17;1-15(2)17-9-6-10-19(13-17)20-14-18(11-12-21-20)16-7-4-3-5-8-16;1-2-7-14(8-3-1)15-9-6-10-16(13-15)17-11-4-5-12-18-17;1-2-6-14(7-3-1)15-9-11-16(12-10-15)17-8-4-5-13-18-17;1-10-6-5-9-13-12(10)11-7-3-2-4-8-11;2*1-2-6-10(7-3-1)11-8-4-5-9-12-11;;;;/h4-10,12-13H,1-3H3;3-9,11-15H,1-2H3;1-9,11-13H;1-11,13H;2-6,9,11H,7H2,1H3;1-5,8-10H,6H2;1-6,8-9H;;;;/q7*-1;;;;. The van der Waals surface area contributed by atoms with Gasteiger partial charge in [0.05, 0.1) is 0 Å². The third kappa shape index (κ3) is 29.0. The molecule has 7 heterocycles. The van der Waals surface area contributed by atoms with Gasteiger partial charge in [-0.05, 0) is 124 Å². The van der Waals surface area contributed by atoms with Crippen molar-refractivity contribution >= 4 is 0 Å². The van der Waals surface area contributed by atoms with Crippen LogP contribution in [0.5, 0.6) is 0 Å². The molecule has 7 nitrogen and oxygen atoms in total. The van der Waals surface area contributed by atoms with E-state index >= 15 is 0 Å². The first-order chi connectivity index (χ1) is 56.5.